The van der Waals surface area contributed by atoms with Crippen molar-refractivity contribution >= 4 is 0 Å². The number of ether oxygens (including phenoxy) is 2. The van der Waals surface area contributed by atoms with Gasteiger partial charge in [-0.1, -0.05) is 33.1 Å². The second-order valence-corrected chi connectivity index (χ2v) is 4.26. The second-order valence-electron chi connectivity index (χ2n) is 4.26. The minimum Gasteiger partial charge on any atom is -0.473 e. The van der Waals surface area contributed by atoms with Gasteiger partial charge < -0.3 is 9.47 Å². The van der Waals surface area contributed by atoms with Gasteiger partial charge in [-0.25, -0.2) is 0 Å². The molecule has 0 bridgehead atoms. The molecule has 0 amide bonds. The highest BCUT2D eigenvalue weighted by Crippen LogP contribution is 2.17. The average Bonchev–Trinajstić information content (AvgIpc) is 2.31. The van der Waals surface area contributed by atoms with E-state index in [9.17, 15) is 0 Å². The van der Waals surface area contributed by atoms with Crippen LogP contribution in [0.3, 0.4) is 0 Å². The lowest BCUT2D eigenvalue weighted by atomic mass is 10.0. The summed E-state index contributed by atoms with van der Waals surface area (Å²) in [4.78, 5) is 0. The molecular weight excluding hydrogens is 188 g/mol. The highest BCUT2D eigenvalue weighted by molar-refractivity contribution is 4.79. The van der Waals surface area contributed by atoms with E-state index < -0.39 is 0 Å². The summed E-state index contributed by atoms with van der Waals surface area (Å²) < 4.78 is 11.1. The van der Waals surface area contributed by atoms with E-state index in [1.165, 1.54) is 25.7 Å². The summed E-state index contributed by atoms with van der Waals surface area (Å²) in [6.07, 6.45) is 11.0. The van der Waals surface area contributed by atoms with Crippen molar-refractivity contribution in [2.75, 3.05) is 6.61 Å². The molecule has 1 aliphatic heterocycles. The van der Waals surface area contributed by atoms with E-state index in [0.717, 1.165) is 19.4 Å². The average molecular weight is 212 g/mol. The van der Waals surface area contributed by atoms with E-state index in [2.05, 4.69) is 13.8 Å². The van der Waals surface area contributed by atoms with Gasteiger partial charge in [0.2, 0.25) is 0 Å². The first-order valence-electron chi connectivity index (χ1n) is 6.28. The molecule has 2 heteroatoms. The van der Waals surface area contributed by atoms with Gasteiger partial charge in [0.1, 0.15) is 0 Å². The van der Waals surface area contributed by atoms with Crippen LogP contribution in [0.15, 0.2) is 12.3 Å². The topological polar surface area (TPSA) is 18.5 Å². The largest absolute Gasteiger partial charge is 0.473 e. The summed E-state index contributed by atoms with van der Waals surface area (Å²) in [6.45, 7) is 5.34. The minimum atomic E-state index is 0.00526. The number of unbranched alkanes of at least 4 members (excludes halogenated alkanes) is 1. The van der Waals surface area contributed by atoms with Gasteiger partial charge in [0.05, 0.1) is 12.9 Å². The van der Waals surface area contributed by atoms with Crippen molar-refractivity contribution in [1.82, 2.24) is 0 Å². The monoisotopic (exact) mass is 212 g/mol. The van der Waals surface area contributed by atoms with Gasteiger partial charge in [0.25, 0.3) is 0 Å². The first-order chi connectivity index (χ1) is 7.36. The lowest BCUT2D eigenvalue weighted by Crippen LogP contribution is -2.21. The summed E-state index contributed by atoms with van der Waals surface area (Å²) in [7, 11) is 0. The second kappa shape index (κ2) is 7.75. The Morgan fingerprint density at radius 1 is 1.47 bits per heavy atom. The third-order valence-corrected chi connectivity index (χ3v) is 2.96. The highest BCUT2D eigenvalue weighted by Gasteiger charge is 2.13. The summed E-state index contributed by atoms with van der Waals surface area (Å²) in [6, 6.07) is 0. The first kappa shape index (κ1) is 12.6. The molecule has 0 spiro atoms. The van der Waals surface area contributed by atoms with E-state index in [0.29, 0.717) is 5.92 Å². The van der Waals surface area contributed by atoms with Gasteiger partial charge in [-0.2, -0.15) is 0 Å². The van der Waals surface area contributed by atoms with E-state index in [1.54, 1.807) is 6.26 Å². The number of hydrogen-bond donors (Lipinski definition) is 0. The van der Waals surface area contributed by atoms with Crippen molar-refractivity contribution in [3.8, 4) is 0 Å². The number of hydrogen-bond acceptors (Lipinski definition) is 2. The lowest BCUT2D eigenvalue weighted by Gasteiger charge is -2.22. The van der Waals surface area contributed by atoms with Crippen molar-refractivity contribution in [3.63, 3.8) is 0 Å². The molecule has 0 fully saturated rings. The van der Waals surface area contributed by atoms with Crippen molar-refractivity contribution in [2.45, 2.75) is 58.7 Å². The number of allylic oxidation sites excluding steroid dienone is 1. The Balaban J connectivity index is 2.12. The van der Waals surface area contributed by atoms with Gasteiger partial charge in [0, 0.05) is 6.42 Å². The Kier molecular flexibility index (Phi) is 6.49. The van der Waals surface area contributed by atoms with Crippen LogP contribution in [-0.4, -0.2) is 12.9 Å². The molecule has 0 aliphatic carbocycles. The quantitative estimate of drug-likeness (QED) is 0.638. The Morgan fingerprint density at radius 3 is 2.93 bits per heavy atom. The maximum Gasteiger partial charge on any atom is 0.199 e. The molecule has 0 radical (unpaired) electrons. The fourth-order valence-corrected chi connectivity index (χ4v) is 1.78. The van der Waals surface area contributed by atoms with Crippen LogP contribution in [0, 0.1) is 5.92 Å². The molecule has 2 atom stereocenters. The third-order valence-electron chi connectivity index (χ3n) is 2.96. The summed E-state index contributed by atoms with van der Waals surface area (Å²) in [5.41, 5.74) is 0. The zero-order valence-electron chi connectivity index (χ0n) is 10.1. The molecule has 1 heterocycles. The molecule has 0 N–H and O–H groups in total. The van der Waals surface area contributed by atoms with Crippen LogP contribution in [0.5, 0.6) is 0 Å². The van der Waals surface area contributed by atoms with Gasteiger partial charge >= 0.3 is 0 Å². The van der Waals surface area contributed by atoms with Crippen LogP contribution in [-0.2, 0) is 9.47 Å². The molecule has 1 rings (SSSR count). The van der Waals surface area contributed by atoms with Gasteiger partial charge in [0.15, 0.2) is 6.29 Å². The van der Waals surface area contributed by atoms with Gasteiger partial charge in [-0.3, -0.25) is 0 Å². The first-order valence-corrected chi connectivity index (χ1v) is 6.28. The molecule has 15 heavy (non-hydrogen) atoms. The molecule has 0 saturated heterocycles. The smallest absolute Gasteiger partial charge is 0.199 e. The van der Waals surface area contributed by atoms with Crippen molar-refractivity contribution in [3.05, 3.63) is 12.3 Å². The normalized spacial score (nSPS) is 22.4. The third kappa shape index (κ3) is 5.22. The van der Waals surface area contributed by atoms with Crippen LogP contribution >= 0.6 is 0 Å². The molecule has 2 unspecified atom stereocenters. The maximum atomic E-state index is 5.76. The molecular formula is C13H24O2. The van der Waals surface area contributed by atoms with E-state index in [-0.39, 0.29) is 6.29 Å². The summed E-state index contributed by atoms with van der Waals surface area (Å²) >= 11 is 0. The fraction of sp³-hybridized carbons (Fsp3) is 0.846. The molecule has 0 saturated carbocycles. The highest BCUT2D eigenvalue weighted by atomic mass is 16.7. The van der Waals surface area contributed by atoms with Crippen LogP contribution < -0.4 is 0 Å². The van der Waals surface area contributed by atoms with Crippen molar-refractivity contribution < 1.29 is 9.47 Å². The Labute approximate surface area is 93.7 Å². The van der Waals surface area contributed by atoms with Crippen LogP contribution in [0.1, 0.15) is 52.4 Å². The van der Waals surface area contributed by atoms with Gasteiger partial charge in [-0.05, 0) is 24.8 Å². The molecule has 0 aromatic rings. The molecule has 0 aromatic carbocycles. The molecule has 2 nitrogen and oxygen atoms in total. The molecule has 88 valence electrons. The molecule has 0 aromatic heterocycles. The Morgan fingerprint density at radius 2 is 2.33 bits per heavy atom. The predicted octanol–water partition coefficient (Wildman–Crippen LogP) is 3.87. The van der Waals surface area contributed by atoms with Crippen LogP contribution in [0.25, 0.3) is 0 Å². The Bertz CT molecular complexity index is 177. The summed E-state index contributed by atoms with van der Waals surface area (Å²) in [5, 5.41) is 0. The van der Waals surface area contributed by atoms with E-state index in [4.69, 9.17) is 9.47 Å². The maximum absolute atomic E-state index is 5.76. The standard InChI is InChI=1S/C13H24O2/c1-3-5-8-12(4-2)11-15-13-9-6-7-10-14-13/h7,10,12-13H,3-6,8-9,11H2,1-2H3. The fourth-order valence-electron chi connectivity index (χ4n) is 1.78. The van der Waals surface area contributed by atoms with Crippen LogP contribution in [0.2, 0.25) is 0 Å². The van der Waals surface area contributed by atoms with Crippen LogP contribution in [0.4, 0.5) is 0 Å². The zero-order valence-corrected chi connectivity index (χ0v) is 10.1. The minimum absolute atomic E-state index is 0.00526. The van der Waals surface area contributed by atoms with Crippen molar-refractivity contribution in [2.24, 2.45) is 5.92 Å². The predicted molar refractivity (Wildman–Crippen MR) is 62.5 cm³/mol. The molecule has 1 aliphatic rings. The Hall–Kier alpha value is -0.500. The van der Waals surface area contributed by atoms with Crippen molar-refractivity contribution in [1.29, 1.82) is 0 Å². The van der Waals surface area contributed by atoms with E-state index >= 15 is 0 Å². The van der Waals surface area contributed by atoms with Gasteiger partial charge in [-0.15, -0.1) is 0 Å². The lowest BCUT2D eigenvalue weighted by molar-refractivity contribution is -0.125. The van der Waals surface area contributed by atoms with E-state index in [1.807, 2.05) is 6.08 Å². The summed E-state index contributed by atoms with van der Waals surface area (Å²) in [5.74, 6) is 0.708. The zero-order chi connectivity index (χ0) is 10.9. The SMILES string of the molecule is CCCCC(CC)COC1CCC=CO1. The number of rotatable bonds is 7.